The molecule has 15 rings (SSSR count). The van der Waals surface area contributed by atoms with Crippen LogP contribution in [0, 0.1) is 0 Å². The SMILES string of the molecule is FC(F)(F)c1cc(OB(OP(Oc2ccc3ccc4cccc5ccc2c3c45)(c2ccccc2)(c2ccccc2)c2ccccc2)OP(Oc2ccc3ccc4cccc5ccc2c3c45)(c2ccccc2)(c2ccccc2)c2ccccc2)cc(C(F)(F)F)c1. The Morgan fingerprint density at radius 1 is 0.267 bits per heavy atom. The van der Waals surface area contributed by atoms with Gasteiger partial charge in [-0.3, -0.25) is 0 Å². The standard InChI is InChI=1S/C76H51BF6O5P2/c78-75(79,80)58-49-59(76(81,82)83)51-60(50-58)84-77(87-89(61-25-7-1-8-26-61,62-27-9-2-10-28-62,63-29-11-3-12-30-63)85-69-47-43-56-39-37-52-21-19-23-54-41-45-67(69)73(56)71(52)54)88-90(64-31-13-4-14-32-64,65-33-15-5-16-34-65,66-35-17-6-18-36-66)86-70-48-44-57-40-38-53-22-20-24-55-42-46-68(70)74(57)72(53)55/h1-51H. The molecule has 0 aliphatic carbocycles. The molecule has 0 heterocycles. The first-order chi connectivity index (χ1) is 43.7. The second kappa shape index (κ2) is 21.5. The van der Waals surface area contributed by atoms with Gasteiger partial charge in [0.2, 0.25) is 0 Å². The predicted octanol–water partition coefficient (Wildman–Crippen LogP) is 18.8. The van der Waals surface area contributed by atoms with Crippen LogP contribution >= 0.6 is 14.1 Å². The van der Waals surface area contributed by atoms with Crippen LogP contribution in [0.1, 0.15) is 11.1 Å². The van der Waals surface area contributed by atoms with Gasteiger partial charge in [0.05, 0.1) is 0 Å². The third-order valence-electron chi connectivity index (χ3n) is 17.2. The van der Waals surface area contributed by atoms with Gasteiger partial charge in [-0.15, -0.1) is 0 Å². The number of halogens is 6. The maximum absolute atomic E-state index is 15.4. The van der Waals surface area contributed by atoms with Crippen LogP contribution in [0.5, 0.6) is 17.2 Å². The molecule has 0 radical (unpaired) electrons. The number of rotatable bonds is 16. The van der Waals surface area contributed by atoms with E-state index in [-0.39, 0.29) is 6.07 Å². The average Bonchev–Trinajstić information content (AvgIpc) is 0.693. The van der Waals surface area contributed by atoms with Crippen molar-refractivity contribution in [2.75, 3.05) is 0 Å². The summed E-state index contributed by atoms with van der Waals surface area (Å²) in [6.45, 7) is 0. The first kappa shape index (κ1) is 56.7. The number of hydrogen-bond donors (Lipinski definition) is 0. The van der Waals surface area contributed by atoms with Crippen molar-refractivity contribution in [3.8, 4) is 17.2 Å². The molecule has 15 aromatic rings. The van der Waals surface area contributed by atoms with Crippen LogP contribution in [-0.4, -0.2) is 7.32 Å². The fourth-order valence-electron chi connectivity index (χ4n) is 13.3. The van der Waals surface area contributed by atoms with Gasteiger partial charge in [-0.1, -0.05) is 0 Å². The minimum absolute atomic E-state index is 0.0630. The van der Waals surface area contributed by atoms with Crippen molar-refractivity contribution in [1.29, 1.82) is 0 Å². The molecule has 0 fully saturated rings. The molecule has 0 saturated carbocycles. The van der Waals surface area contributed by atoms with Crippen LogP contribution in [0.3, 0.4) is 0 Å². The van der Waals surface area contributed by atoms with Gasteiger partial charge >= 0.3 is 517 Å². The van der Waals surface area contributed by atoms with Gasteiger partial charge in [-0.05, 0) is 0 Å². The van der Waals surface area contributed by atoms with Crippen LogP contribution in [0.4, 0.5) is 26.3 Å². The van der Waals surface area contributed by atoms with E-state index in [9.17, 15) is 0 Å². The molecule has 0 atom stereocenters. The topological polar surface area (TPSA) is 46.2 Å². The van der Waals surface area contributed by atoms with E-state index in [0.29, 0.717) is 66.2 Å². The number of hydrogen-bond acceptors (Lipinski definition) is 5. The fourth-order valence-corrected chi connectivity index (χ4v) is 22.7. The van der Waals surface area contributed by atoms with Gasteiger partial charge in [0.25, 0.3) is 0 Å². The summed E-state index contributed by atoms with van der Waals surface area (Å²) in [5, 5.41) is 13.5. The van der Waals surface area contributed by atoms with Gasteiger partial charge < -0.3 is 0 Å². The molecule has 0 unspecified atom stereocenters. The molecule has 0 saturated heterocycles. The molecule has 14 heteroatoms. The first-order valence-electron chi connectivity index (χ1n) is 29.2. The van der Waals surface area contributed by atoms with Crippen LogP contribution in [0.2, 0.25) is 0 Å². The van der Waals surface area contributed by atoms with Gasteiger partial charge in [-0.25, -0.2) is 0 Å². The van der Waals surface area contributed by atoms with E-state index in [1.165, 1.54) is 0 Å². The van der Waals surface area contributed by atoms with Crippen molar-refractivity contribution in [2.24, 2.45) is 0 Å². The zero-order valence-corrected chi connectivity index (χ0v) is 49.5. The van der Waals surface area contributed by atoms with Gasteiger partial charge in [-0.2, -0.15) is 0 Å². The molecule has 0 aliphatic rings. The molecule has 0 spiro atoms. The minimum atomic E-state index is -5.67. The zero-order chi connectivity index (χ0) is 61.3. The second-order valence-corrected chi connectivity index (χ2v) is 30.0. The molecule has 90 heavy (non-hydrogen) atoms. The zero-order valence-electron chi connectivity index (χ0n) is 47.7. The molecule has 440 valence electrons. The summed E-state index contributed by atoms with van der Waals surface area (Å²) in [6, 6.07) is 92.5. The van der Waals surface area contributed by atoms with Crippen LogP contribution in [0.25, 0.3) is 64.6 Å². The summed E-state index contributed by atoms with van der Waals surface area (Å²) in [6.07, 6.45) is -10.6. The Morgan fingerprint density at radius 3 is 0.822 bits per heavy atom. The predicted molar refractivity (Wildman–Crippen MR) is 357 cm³/mol. The van der Waals surface area contributed by atoms with E-state index in [4.69, 9.17) is 22.6 Å². The Labute approximate surface area is 514 Å². The van der Waals surface area contributed by atoms with Gasteiger partial charge in [0, 0.05) is 0 Å². The number of benzene rings is 15. The van der Waals surface area contributed by atoms with Crippen molar-refractivity contribution in [3.05, 3.63) is 321 Å². The number of alkyl halides is 6. The Bertz CT molecular complexity index is 4580. The molecule has 0 N–H and O–H groups in total. The fraction of sp³-hybridized carbons (Fsp3) is 0.0263. The van der Waals surface area contributed by atoms with E-state index >= 15 is 26.3 Å². The molecule has 0 aliphatic heterocycles. The van der Waals surface area contributed by atoms with E-state index in [1.54, 1.807) is 0 Å². The van der Waals surface area contributed by atoms with Crippen molar-refractivity contribution < 1.29 is 48.9 Å². The normalized spacial score (nSPS) is 13.4. The molecule has 0 amide bonds. The Kier molecular flexibility index (Phi) is 13.5. The summed E-state index contributed by atoms with van der Waals surface area (Å²) >= 11 is 0. The second-order valence-electron chi connectivity index (χ2n) is 22.3. The Morgan fingerprint density at radius 2 is 0.533 bits per heavy atom. The summed E-state index contributed by atoms with van der Waals surface area (Å²) in [4.78, 5) is 0. The quantitative estimate of drug-likeness (QED) is 0.0418. The first-order valence-corrected chi connectivity index (χ1v) is 33.3. The summed E-state index contributed by atoms with van der Waals surface area (Å²) in [5.41, 5.74) is -3.25. The third kappa shape index (κ3) is 8.95. The average molecular weight is 1230 g/mol. The van der Waals surface area contributed by atoms with E-state index in [1.807, 2.05) is 243 Å². The third-order valence-corrected chi connectivity index (χ3v) is 26.9. The van der Waals surface area contributed by atoms with E-state index in [0.717, 1.165) is 53.9 Å². The van der Waals surface area contributed by atoms with Crippen molar-refractivity contribution in [3.63, 3.8) is 0 Å². The van der Waals surface area contributed by atoms with Crippen LogP contribution in [0.15, 0.2) is 309 Å². The molecular weight excluding hydrogens is 1180 g/mol. The van der Waals surface area contributed by atoms with Gasteiger partial charge in [0.15, 0.2) is 0 Å². The molecule has 0 bridgehead atoms. The van der Waals surface area contributed by atoms with Crippen molar-refractivity contribution >= 4 is 118 Å². The molecule has 5 nitrogen and oxygen atoms in total. The van der Waals surface area contributed by atoms with E-state index in [2.05, 4.69) is 48.5 Å². The summed E-state index contributed by atoms with van der Waals surface area (Å²) < 4.78 is 133. The molecular formula is C76H51BF6O5P2. The Hall–Kier alpha value is -9.80. The van der Waals surface area contributed by atoms with Crippen LogP contribution in [-0.2, 0) is 21.2 Å². The molecule has 0 aromatic heterocycles. The summed E-state index contributed by atoms with van der Waals surface area (Å²) in [5.74, 6) is -0.211. The Balaban J connectivity index is 1.10. The van der Waals surface area contributed by atoms with Gasteiger partial charge in [0.1, 0.15) is 0 Å². The summed E-state index contributed by atoms with van der Waals surface area (Å²) in [7, 11) is -13.7. The monoisotopic (exact) mass is 1230 g/mol. The van der Waals surface area contributed by atoms with Crippen molar-refractivity contribution in [2.45, 2.75) is 12.4 Å². The van der Waals surface area contributed by atoms with E-state index < -0.39 is 50.7 Å². The van der Waals surface area contributed by atoms with Crippen molar-refractivity contribution in [1.82, 2.24) is 0 Å². The molecule has 15 aromatic carbocycles. The maximum atomic E-state index is 15.4. The van der Waals surface area contributed by atoms with Crippen LogP contribution < -0.4 is 45.5 Å².